The van der Waals surface area contributed by atoms with Gasteiger partial charge in [-0.15, -0.1) is 0 Å². The van der Waals surface area contributed by atoms with Gasteiger partial charge in [-0.25, -0.2) is 0 Å². The van der Waals surface area contributed by atoms with Gasteiger partial charge in [0.1, 0.15) is 0 Å². The lowest BCUT2D eigenvalue weighted by molar-refractivity contribution is -0.113. The zero-order valence-electron chi connectivity index (χ0n) is 9.73. The van der Waals surface area contributed by atoms with Crippen molar-refractivity contribution in [3.05, 3.63) is 35.9 Å². The van der Waals surface area contributed by atoms with Crippen LogP contribution in [-0.2, 0) is 4.79 Å². The fraction of sp³-hybridized carbons (Fsp3) is 0.308. The molecule has 1 aliphatic rings. The number of primary amides is 1. The number of nitrogens with one attached hydrogen (secondary N) is 1. The van der Waals surface area contributed by atoms with Crippen LogP contribution in [0.15, 0.2) is 30.3 Å². The molecule has 1 saturated heterocycles. The molecule has 1 aromatic carbocycles. The minimum Gasteiger partial charge on any atom is -0.369 e. The molecule has 17 heavy (non-hydrogen) atoms. The molecule has 0 unspecified atom stereocenters. The number of hydrogen-bond acceptors (Lipinski definition) is 3. The lowest BCUT2D eigenvalue weighted by Gasteiger charge is -2.29. The van der Waals surface area contributed by atoms with Gasteiger partial charge in [0.15, 0.2) is 0 Å². The predicted molar refractivity (Wildman–Crippen MR) is 69.8 cm³/mol. The number of anilines is 1. The smallest absolute Gasteiger partial charge is 0.241 e. The summed E-state index contributed by atoms with van der Waals surface area (Å²) in [5.74, 6) is -0.420. The van der Waals surface area contributed by atoms with Gasteiger partial charge in [-0.2, -0.15) is 0 Å². The average Bonchev–Trinajstić information content (AvgIpc) is 2.38. The van der Waals surface area contributed by atoms with E-state index in [-0.39, 0.29) is 0 Å². The number of piperazine rings is 1. The molecule has 0 saturated carbocycles. The molecule has 0 spiro atoms. The highest BCUT2D eigenvalue weighted by Crippen LogP contribution is 2.16. The quantitative estimate of drug-likeness (QED) is 0.749. The van der Waals surface area contributed by atoms with Crippen LogP contribution in [0.3, 0.4) is 0 Å². The molecule has 1 amide bonds. The van der Waals surface area contributed by atoms with Gasteiger partial charge in [-0.3, -0.25) is 4.79 Å². The Morgan fingerprint density at radius 2 is 1.88 bits per heavy atom. The van der Waals surface area contributed by atoms with Crippen LogP contribution in [0.2, 0.25) is 0 Å². The molecule has 0 atom stereocenters. The summed E-state index contributed by atoms with van der Waals surface area (Å²) in [6, 6.07) is 8.14. The van der Waals surface area contributed by atoms with Crippen molar-refractivity contribution in [2.45, 2.75) is 0 Å². The third-order valence-corrected chi connectivity index (χ3v) is 2.82. The summed E-state index contributed by atoms with van der Waals surface area (Å²) in [6.45, 7) is 4.14. The lowest BCUT2D eigenvalue weighted by Crippen LogP contribution is -2.43. The van der Waals surface area contributed by atoms with Gasteiger partial charge in [0.05, 0.1) is 0 Å². The Hall–Kier alpha value is -1.81. The molecule has 4 heteroatoms. The van der Waals surface area contributed by atoms with Crippen molar-refractivity contribution in [1.29, 1.82) is 0 Å². The molecule has 90 valence electrons. The fourth-order valence-electron chi connectivity index (χ4n) is 1.90. The third-order valence-electron chi connectivity index (χ3n) is 2.82. The summed E-state index contributed by atoms with van der Waals surface area (Å²) in [5.41, 5.74) is 7.26. The maximum absolute atomic E-state index is 10.6. The molecular formula is C13H17N3O. The van der Waals surface area contributed by atoms with E-state index in [1.807, 2.05) is 12.1 Å². The second-order valence-electron chi connectivity index (χ2n) is 4.06. The van der Waals surface area contributed by atoms with Crippen molar-refractivity contribution in [1.82, 2.24) is 5.32 Å². The third kappa shape index (κ3) is 3.32. The topological polar surface area (TPSA) is 58.4 Å². The van der Waals surface area contributed by atoms with E-state index in [0.717, 1.165) is 31.7 Å². The lowest BCUT2D eigenvalue weighted by atomic mass is 10.1. The largest absolute Gasteiger partial charge is 0.369 e. The molecule has 1 aliphatic heterocycles. The molecule has 2 rings (SSSR count). The van der Waals surface area contributed by atoms with E-state index >= 15 is 0 Å². The highest BCUT2D eigenvalue weighted by Gasteiger charge is 2.09. The Balaban J connectivity index is 2.04. The van der Waals surface area contributed by atoms with Gasteiger partial charge in [-0.1, -0.05) is 12.1 Å². The summed E-state index contributed by atoms with van der Waals surface area (Å²) in [5, 5.41) is 3.32. The number of nitrogens with two attached hydrogens (primary N) is 1. The van der Waals surface area contributed by atoms with Crippen LogP contribution in [0, 0.1) is 0 Å². The van der Waals surface area contributed by atoms with Gasteiger partial charge in [-0.05, 0) is 23.8 Å². The minimum absolute atomic E-state index is 0.420. The first-order valence-corrected chi connectivity index (χ1v) is 5.79. The summed E-state index contributed by atoms with van der Waals surface area (Å²) in [6.07, 6.45) is 3.10. The second kappa shape index (κ2) is 5.50. The monoisotopic (exact) mass is 231 g/mol. The number of rotatable bonds is 3. The van der Waals surface area contributed by atoms with Gasteiger partial charge in [0.25, 0.3) is 0 Å². The van der Waals surface area contributed by atoms with Crippen molar-refractivity contribution in [2.24, 2.45) is 5.73 Å². The highest BCUT2D eigenvalue weighted by atomic mass is 16.1. The van der Waals surface area contributed by atoms with Crippen LogP contribution in [0.1, 0.15) is 5.56 Å². The molecular weight excluding hydrogens is 214 g/mol. The van der Waals surface area contributed by atoms with Crippen LogP contribution in [0.25, 0.3) is 6.08 Å². The van der Waals surface area contributed by atoms with E-state index in [1.165, 1.54) is 11.8 Å². The van der Waals surface area contributed by atoms with E-state index in [2.05, 4.69) is 22.3 Å². The van der Waals surface area contributed by atoms with E-state index < -0.39 is 5.91 Å². The SMILES string of the molecule is NC(=O)/C=C/c1ccc(N2CCNCC2)cc1. The van der Waals surface area contributed by atoms with E-state index in [9.17, 15) is 4.79 Å². The van der Waals surface area contributed by atoms with Crippen molar-refractivity contribution in [2.75, 3.05) is 31.1 Å². The molecule has 1 heterocycles. The first-order chi connectivity index (χ1) is 8.25. The molecule has 0 aliphatic carbocycles. The van der Waals surface area contributed by atoms with Crippen molar-refractivity contribution in [3.63, 3.8) is 0 Å². The van der Waals surface area contributed by atoms with E-state index in [4.69, 9.17) is 5.73 Å². The van der Waals surface area contributed by atoms with Crippen molar-refractivity contribution >= 4 is 17.7 Å². The predicted octanol–water partition coefficient (Wildman–Crippen LogP) is 0.595. The normalized spacial score (nSPS) is 16.4. The molecule has 1 aromatic rings. The number of amides is 1. The molecule has 3 N–H and O–H groups in total. The van der Waals surface area contributed by atoms with Gasteiger partial charge >= 0.3 is 0 Å². The number of carbonyl (C=O) groups is 1. The van der Waals surface area contributed by atoms with Crippen LogP contribution < -0.4 is 16.0 Å². The summed E-state index contributed by atoms with van der Waals surface area (Å²) in [4.78, 5) is 13.0. The Bertz CT molecular complexity index is 405. The number of benzene rings is 1. The summed E-state index contributed by atoms with van der Waals surface area (Å²) < 4.78 is 0. The molecule has 0 aromatic heterocycles. The van der Waals surface area contributed by atoms with E-state index in [0.29, 0.717) is 0 Å². The Morgan fingerprint density at radius 3 is 2.47 bits per heavy atom. The standard InChI is InChI=1S/C13H17N3O/c14-13(17)6-3-11-1-4-12(5-2-11)16-9-7-15-8-10-16/h1-6,15H,7-10H2,(H2,14,17)/b6-3+. The van der Waals surface area contributed by atoms with Gasteiger partial charge in [0.2, 0.25) is 5.91 Å². The van der Waals surface area contributed by atoms with Gasteiger partial charge in [0, 0.05) is 37.9 Å². The highest BCUT2D eigenvalue weighted by molar-refractivity contribution is 5.90. The molecule has 1 fully saturated rings. The zero-order valence-corrected chi connectivity index (χ0v) is 9.73. The van der Waals surface area contributed by atoms with Crippen molar-refractivity contribution < 1.29 is 4.79 Å². The Labute approximate surface area is 101 Å². The number of nitrogens with zero attached hydrogens (tertiary/aromatic N) is 1. The summed E-state index contributed by atoms with van der Waals surface area (Å²) >= 11 is 0. The Kier molecular flexibility index (Phi) is 3.77. The van der Waals surface area contributed by atoms with E-state index in [1.54, 1.807) is 6.08 Å². The molecule has 0 bridgehead atoms. The zero-order chi connectivity index (χ0) is 12.1. The molecule has 4 nitrogen and oxygen atoms in total. The maximum Gasteiger partial charge on any atom is 0.241 e. The first kappa shape index (κ1) is 11.7. The number of hydrogen-bond donors (Lipinski definition) is 2. The fourth-order valence-corrected chi connectivity index (χ4v) is 1.90. The minimum atomic E-state index is -0.420. The van der Waals surface area contributed by atoms with Crippen LogP contribution in [0.4, 0.5) is 5.69 Å². The number of carbonyl (C=O) groups excluding carboxylic acids is 1. The van der Waals surface area contributed by atoms with Crippen LogP contribution in [0.5, 0.6) is 0 Å². The molecule has 0 radical (unpaired) electrons. The maximum atomic E-state index is 10.6. The second-order valence-corrected chi connectivity index (χ2v) is 4.06. The van der Waals surface area contributed by atoms with Crippen LogP contribution in [-0.4, -0.2) is 32.1 Å². The first-order valence-electron chi connectivity index (χ1n) is 5.79. The van der Waals surface area contributed by atoms with Crippen LogP contribution >= 0.6 is 0 Å². The van der Waals surface area contributed by atoms with Crippen molar-refractivity contribution in [3.8, 4) is 0 Å². The summed E-state index contributed by atoms with van der Waals surface area (Å²) in [7, 11) is 0. The Morgan fingerprint density at radius 1 is 1.24 bits per heavy atom. The average molecular weight is 231 g/mol. The van der Waals surface area contributed by atoms with Gasteiger partial charge < -0.3 is 16.0 Å².